The molecular formula is C47H84O6. The number of allylic oxidation sites excluding steroid dienone is 6. The fourth-order valence-corrected chi connectivity index (χ4v) is 6.21. The topological polar surface area (TPSA) is 78.9 Å². The third-order valence-electron chi connectivity index (χ3n) is 9.65. The van der Waals surface area contributed by atoms with Gasteiger partial charge in [-0.25, -0.2) is 0 Å². The summed E-state index contributed by atoms with van der Waals surface area (Å²) in [5.41, 5.74) is 0. The van der Waals surface area contributed by atoms with Crippen molar-refractivity contribution in [2.24, 2.45) is 0 Å². The van der Waals surface area contributed by atoms with Crippen LogP contribution in [0.25, 0.3) is 0 Å². The molecule has 308 valence electrons. The van der Waals surface area contributed by atoms with Crippen LogP contribution in [-0.2, 0) is 28.6 Å². The van der Waals surface area contributed by atoms with Crippen LogP contribution in [0, 0.1) is 0 Å². The molecule has 0 aromatic carbocycles. The van der Waals surface area contributed by atoms with Gasteiger partial charge in [-0.05, 0) is 57.8 Å². The zero-order chi connectivity index (χ0) is 38.7. The van der Waals surface area contributed by atoms with E-state index in [4.69, 9.17) is 14.2 Å². The predicted octanol–water partition coefficient (Wildman–Crippen LogP) is 14.2. The van der Waals surface area contributed by atoms with Crippen molar-refractivity contribution in [2.45, 2.75) is 232 Å². The molecule has 0 aliphatic rings. The third-order valence-corrected chi connectivity index (χ3v) is 9.65. The van der Waals surface area contributed by atoms with Crippen LogP contribution in [0.5, 0.6) is 0 Å². The number of esters is 3. The van der Waals surface area contributed by atoms with Crippen molar-refractivity contribution in [3.63, 3.8) is 0 Å². The first-order valence-electron chi connectivity index (χ1n) is 22.5. The molecule has 0 saturated heterocycles. The van der Waals surface area contributed by atoms with Crippen LogP contribution in [0.4, 0.5) is 0 Å². The Bertz CT molecular complexity index is 907. The highest BCUT2D eigenvalue weighted by Gasteiger charge is 2.19. The standard InChI is InChI=1S/C47H84O6/c1-4-7-10-13-16-18-19-20-21-22-23-24-25-26-27-28-29-30-32-34-37-40-46(49)52-43-44(42-51-45(48)39-36-33-15-12-9-6-3)53-47(50)41-38-35-31-17-14-11-8-5-2/h19-20,22-23,25-26,44H,4-18,21,24,27-43H2,1-3H3/b20-19-,23-22-,26-25-. The first-order chi connectivity index (χ1) is 26.0. The van der Waals surface area contributed by atoms with Crippen molar-refractivity contribution in [1.29, 1.82) is 0 Å². The summed E-state index contributed by atoms with van der Waals surface area (Å²) < 4.78 is 16.6. The van der Waals surface area contributed by atoms with E-state index < -0.39 is 6.10 Å². The Morgan fingerprint density at radius 3 is 1.06 bits per heavy atom. The molecule has 0 aromatic rings. The van der Waals surface area contributed by atoms with Crippen LogP contribution < -0.4 is 0 Å². The van der Waals surface area contributed by atoms with Crippen LogP contribution in [0.2, 0.25) is 0 Å². The SMILES string of the molecule is CCCCCCC/C=C\C/C=C\C/C=C\CCCCCCCCC(=O)OCC(COC(=O)CCCCCCCC)OC(=O)CCCCCCCCCC. The summed E-state index contributed by atoms with van der Waals surface area (Å²) in [5.74, 6) is -0.902. The number of unbranched alkanes of at least 4 members (excludes halogenated alkanes) is 23. The zero-order valence-electron chi connectivity index (χ0n) is 35.0. The Morgan fingerprint density at radius 1 is 0.377 bits per heavy atom. The van der Waals surface area contributed by atoms with Gasteiger partial charge in [-0.1, -0.05) is 186 Å². The van der Waals surface area contributed by atoms with Crippen LogP contribution in [-0.4, -0.2) is 37.2 Å². The van der Waals surface area contributed by atoms with E-state index in [1.54, 1.807) is 0 Å². The molecule has 1 atom stereocenters. The van der Waals surface area contributed by atoms with Crippen molar-refractivity contribution in [2.75, 3.05) is 13.2 Å². The highest BCUT2D eigenvalue weighted by Crippen LogP contribution is 2.13. The summed E-state index contributed by atoms with van der Waals surface area (Å²) in [6, 6.07) is 0. The monoisotopic (exact) mass is 745 g/mol. The molecule has 0 saturated carbocycles. The summed E-state index contributed by atoms with van der Waals surface area (Å²) in [5, 5.41) is 0. The van der Waals surface area contributed by atoms with E-state index in [-0.39, 0.29) is 31.1 Å². The minimum Gasteiger partial charge on any atom is -0.462 e. The van der Waals surface area contributed by atoms with Crippen LogP contribution in [0.15, 0.2) is 36.5 Å². The van der Waals surface area contributed by atoms with Gasteiger partial charge in [0.2, 0.25) is 0 Å². The maximum absolute atomic E-state index is 12.6. The second-order valence-corrected chi connectivity index (χ2v) is 15.0. The quantitative estimate of drug-likeness (QED) is 0.0269. The van der Waals surface area contributed by atoms with E-state index in [1.165, 1.54) is 109 Å². The molecule has 0 bridgehead atoms. The lowest BCUT2D eigenvalue weighted by Crippen LogP contribution is -2.30. The van der Waals surface area contributed by atoms with Gasteiger partial charge in [0.05, 0.1) is 0 Å². The van der Waals surface area contributed by atoms with Crippen LogP contribution in [0.3, 0.4) is 0 Å². The lowest BCUT2D eigenvalue weighted by molar-refractivity contribution is -0.167. The second-order valence-electron chi connectivity index (χ2n) is 15.0. The van der Waals surface area contributed by atoms with Gasteiger partial charge in [-0.2, -0.15) is 0 Å². The van der Waals surface area contributed by atoms with Gasteiger partial charge in [-0.15, -0.1) is 0 Å². The number of hydrogen-bond donors (Lipinski definition) is 0. The van der Waals surface area contributed by atoms with Gasteiger partial charge >= 0.3 is 17.9 Å². The van der Waals surface area contributed by atoms with E-state index in [0.29, 0.717) is 19.3 Å². The molecule has 6 heteroatoms. The van der Waals surface area contributed by atoms with Crippen molar-refractivity contribution in [3.8, 4) is 0 Å². The van der Waals surface area contributed by atoms with Crippen molar-refractivity contribution >= 4 is 17.9 Å². The average molecular weight is 745 g/mol. The normalized spacial score (nSPS) is 12.3. The summed E-state index contributed by atoms with van der Waals surface area (Å²) >= 11 is 0. The molecule has 0 aromatic heterocycles. The van der Waals surface area contributed by atoms with Gasteiger partial charge in [0, 0.05) is 19.3 Å². The molecule has 6 nitrogen and oxygen atoms in total. The van der Waals surface area contributed by atoms with Gasteiger partial charge < -0.3 is 14.2 Å². The van der Waals surface area contributed by atoms with Gasteiger partial charge in [0.25, 0.3) is 0 Å². The van der Waals surface area contributed by atoms with E-state index in [1.807, 2.05) is 0 Å². The molecule has 0 N–H and O–H groups in total. The molecule has 0 aliphatic heterocycles. The second kappa shape index (κ2) is 42.4. The van der Waals surface area contributed by atoms with E-state index in [2.05, 4.69) is 57.2 Å². The molecule has 0 heterocycles. The maximum atomic E-state index is 12.6. The smallest absolute Gasteiger partial charge is 0.306 e. The zero-order valence-corrected chi connectivity index (χ0v) is 35.0. The lowest BCUT2D eigenvalue weighted by atomic mass is 10.1. The summed E-state index contributed by atoms with van der Waals surface area (Å²) in [4.78, 5) is 37.4. The van der Waals surface area contributed by atoms with Crippen LogP contribution >= 0.6 is 0 Å². The van der Waals surface area contributed by atoms with Crippen molar-refractivity contribution < 1.29 is 28.6 Å². The number of carbonyl (C=O) groups excluding carboxylic acids is 3. The molecule has 0 fully saturated rings. The highest BCUT2D eigenvalue weighted by atomic mass is 16.6. The minimum atomic E-state index is -0.768. The molecular weight excluding hydrogens is 661 g/mol. The Balaban J connectivity index is 4.16. The molecule has 0 rings (SSSR count). The summed E-state index contributed by atoms with van der Waals surface area (Å²) in [6.07, 6.45) is 47.3. The van der Waals surface area contributed by atoms with Gasteiger partial charge in [0.1, 0.15) is 13.2 Å². The minimum absolute atomic E-state index is 0.0754. The van der Waals surface area contributed by atoms with E-state index in [9.17, 15) is 14.4 Å². The van der Waals surface area contributed by atoms with E-state index >= 15 is 0 Å². The largest absolute Gasteiger partial charge is 0.462 e. The number of ether oxygens (including phenoxy) is 3. The molecule has 53 heavy (non-hydrogen) atoms. The molecule has 0 amide bonds. The predicted molar refractivity (Wildman–Crippen MR) is 224 cm³/mol. The van der Waals surface area contributed by atoms with E-state index in [0.717, 1.165) is 77.0 Å². The third kappa shape index (κ3) is 40.6. The Labute approximate surface area is 327 Å². The highest BCUT2D eigenvalue weighted by molar-refractivity contribution is 5.71. The molecule has 1 unspecified atom stereocenters. The Hall–Kier alpha value is -2.37. The van der Waals surface area contributed by atoms with Gasteiger partial charge in [0.15, 0.2) is 6.10 Å². The summed E-state index contributed by atoms with van der Waals surface area (Å²) in [6.45, 7) is 6.51. The average Bonchev–Trinajstić information content (AvgIpc) is 3.15. The van der Waals surface area contributed by atoms with Gasteiger partial charge in [-0.3, -0.25) is 14.4 Å². The number of carbonyl (C=O) groups is 3. The Kier molecular flexibility index (Phi) is 40.5. The number of rotatable bonds is 40. The first kappa shape index (κ1) is 50.6. The lowest BCUT2D eigenvalue weighted by Gasteiger charge is -2.18. The van der Waals surface area contributed by atoms with Crippen LogP contribution in [0.1, 0.15) is 226 Å². The maximum Gasteiger partial charge on any atom is 0.306 e. The van der Waals surface area contributed by atoms with Crippen molar-refractivity contribution in [1.82, 2.24) is 0 Å². The fraction of sp³-hybridized carbons (Fsp3) is 0.809. The molecule has 0 aliphatic carbocycles. The fourth-order valence-electron chi connectivity index (χ4n) is 6.21. The Morgan fingerprint density at radius 2 is 0.679 bits per heavy atom. The molecule has 0 spiro atoms. The number of hydrogen-bond acceptors (Lipinski definition) is 6. The van der Waals surface area contributed by atoms with Crippen molar-refractivity contribution in [3.05, 3.63) is 36.5 Å². The first-order valence-corrected chi connectivity index (χ1v) is 22.5. The molecule has 0 radical (unpaired) electrons. The summed E-state index contributed by atoms with van der Waals surface area (Å²) in [7, 11) is 0.